The second-order valence-corrected chi connectivity index (χ2v) is 5.05. The summed E-state index contributed by atoms with van der Waals surface area (Å²) in [6.07, 6.45) is 2.53. The van der Waals surface area contributed by atoms with Crippen LogP contribution in [0.4, 0.5) is 0 Å². The fourth-order valence-electron chi connectivity index (χ4n) is 2.36. The van der Waals surface area contributed by atoms with E-state index in [-0.39, 0.29) is 11.8 Å². The second kappa shape index (κ2) is 4.57. The van der Waals surface area contributed by atoms with Gasteiger partial charge in [-0.1, -0.05) is 0 Å². The molecule has 1 aromatic carbocycles. The maximum Gasteiger partial charge on any atom is 0.326 e. The summed E-state index contributed by atoms with van der Waals surface area (Å²) >= 11 is 0. The Bertz CT molecular complexity index is 536. The third-order valence-electron chi connectivity index (χ3n) is 3.60. The highest BCUT2D eigenvalue weighted by Gasteiger charge is 2.37. The Morgan fingerprint density at radius 1 is 1.37 bits per heavy atom. The summed E-state index contributed by atoms with van der Waals surface area (Å²) < 4.78 is 5.37. The minimum Gasteiger partial charge on any atom is -0.493 e. The van der Waals surface area contributed by atoms with Crippen LogP contribution in [0.3, 0.4) is 0 Å². The van der Waals surface area contributed by atoms with E-state index in [0.717, 1.165) is 30.6 Å². The number of rotatable bonds is 4. The number of hydrogen-bond donors (Lipinski definition) is 2. The molecule has 5 nitrogen and oxygen atoms in total. The largest absolute Gasteiger partial charge is 0.493 e. The molecule has 0 spiro atoms. The Kier molecular flexibility index (Phi) is 2.89. The molecular formula is C14H15NO4. The Hall–Kier alpha value is -2.04. The van der Waals surface area contributed by atoms with E-state index in [1.807, 2.05) is 0 Å². The smallest absolute Gasteiger partial charge is 0.326 e. The van der Waals surface area contributed by atoms with Crippen molar-refractivity contribution >= 4 is 11.9 Å². The van der Waals surface area contributed by atoms with Crippen LogP contribution in [0.5, 0.6) is 5.75 Å². The third kappa shape index (κ3) is 2.41. The number of fused-ring (bicyclic) bond motifs is 1. The maximum absolute atomic E-state index is 12.1. The Morgan fingerprint density at radius 3 is 2.84 bits per heavy atom. The Labute approximate surface area is 110 Å². The quantitative estimate of drug-likeness (QED) is 0.854. The summed E-state index contributed by atoms with van der Waals surface area (Å²) in [6.45, 7) is 0.639. The summed E-state index contributed by atoms with van der Waals surface area (Å²) in [7, 11) is 0. The summed E-state index contributed by atoms with van der Waals surface area (Å²) in [5.41, 5.74) is 1.50. The molecule has 1 atom stereocenters. The molecule has 1 fully saturated rings. The number of hydrogen-bond acceptors (Lipinski definition) is 3. The first kappa shape index (κ1) is 12.0. The van der Waals surface area contributed by atoms with Gasteiger partial charge in [0, 0.05) is 12.0 Å². The predicted octanol–water partition coefficient (Wildman–Crippen LogP) is 1.21. The Morgan fingerprint density at radius 2 is 2.16 bits per heavy atom. The SMILES string of the molecule is O=C(NC(C(=O)O)C1CC1)c1ccc2c(c1)CCO2. The van der Waals surface area contributed by atoms with Crippen LogP contribution in [0.25, 0.3) is 0 Å². The van der Waals surface area contributed by atoms with Gasteiger partial charge in [0.05, 0.1) is 6.61 Å². The number of carbonyl (C=O) groups excluding carboxylic acids is 1. The normalized spacial score (nSPS) is 18.3. The van der Waals surface area contributed by atoms with Gasteiger partial charge in [-0.2, -0.15) is 0 Å². The van der Waals surface area contributed by atoms with Crippen LogP contribution in [0, 0.1) is 5.92 Å². The maximum atomic E-state index is 12.1. The van der Waals surface area contributed by atoms with Crippen LogP contribution in [-0.2, 0) is 11.2 Å². The van der Waals surface area contributed by atoms with Crippen LogP contribution in [0.15, 0.2) is 18.2 Å². The lowest BCUT2D eigenvalue weighted by atomic mass is 10.1. The van der Waals surface area contributed by atoms with Crippen molar-refractivity contribution in [2.24, 2.45) is 5.92 Å². The molecular weight excluding hydrogens is 246 g/mol. The first-order valence-electron chi connectivity index (χ1n) is 6.44. The molecule has 5 heteroatoms. The average Bonchev–Trinajstić information content (AvgIpc) is 3.11. The van der Waals surface area contributed by atoms with Crippen molar-refractivity contribution in [2.45, 2.75) is 25.3 Å². The Balaban J connectivity index is 1.74. The highest BCUT2D eigenvalue weighted by Crippen LogP contribution is 2.33. The molecule has 0 aromatic heterocycles. The van der Waals surface area contributed by atoms with Crippen LogP contribution >= 0.6 is 0 Å². The molecule has 2 aliphatic rings. The van der Waals surface area contributed by atoms with Crippen molar-refractivity contribution in [3.63, 3.8) is 0 Å². The first-order chi connectivity index (χ1) is 9.15. The standard InChI is InChI=1S/C14H15NO4/c16-13(15-12(14(17)18)8-1-2-8)10-3-4-11-9(7-10)5-6-19-11/h3-4,7-8,12H,1-2,5-6H2,(H,15,16)(H,17,18). The number of carbonyl (C=O) groups is 2. The highest BCUT2D eigenvalue weighted by molar-refractivity contribution is 5.97. The molecule has 1 heterocycles. The van der Waals surface area contributed by atoms with E-state index in [1.165, 1.54) is 0 Å². The molecule has 0 bridgehead atoms. The van der Waals surface area contributed by atoms with E-state index < -0.39 is 12.0 Å². The molecule has 1 unspecified atom stereocenters. The van der Waals surface area contributed by atoms with Gasteiger partial charge < -0.3 is 15.2 Å². The van der Waals surface area contributed by atoms with E-state index in [1.54, 1.807) is 18.2 Å². The van der Waals surface area contributed by atoms with Crippen molar-refractivity contribution in [1.82, 2.24) is 5.32 Å². The van der Waals surface area contributed by atoms with E-state index in [4.69, 9.17) is 9.84 Å². The minimum absolute atomic E-state index is 0.0826. The molecule has 1 aliphatic heterocycles. The van der Waals surface area contributed by atoms with Crippen molar-refractivity contribution in [2.75, 3.05) is 6.61 Å². The number of amides is 1. The monoisotopic (exact) mass is 261 g/mol. The lowest BCUT2D eigenvalue weighted by Crippen LogP contribution is -2.42. The van der Waals surface area contributed by atoms with E-state index >= 15 is 0 Å². The molecule has 1 aromatic rings. The molecule has 100 valence electrons. The fraction of sp³-hybridized carbons (Fsp3) is 0.429. The molecule has 1 aliphatic carbocycles. The summed E-state index contributed by atoms with van der Waals surface area (Å²) in [6, 6.07) is 4.45. The van der Waals surface area contributed by atoms with Crippen LogP contribution < -0.4 is 10.1 Å². The van der Waals surface area contributed by atoms with Crippen molar-refractivity contribution in [3.05, 3.63) is 29.3 Å². The van der Waals surface area contributed by atoms with Crippen molar-refractivity contribution in [1.29, 1.82) is 0 Å². The fourth-order valence-corrected chi connectivity index (χ4v) is 2.36. The number of nitrogens with one attached hydrogen (secondary N) is 1. The molecule has 1 amide bonds. The van der Waals surface area contributed by atoms with Gasteiger partial charge in [0.1, 0.15) is 11.8 Å². The second-order valence-electron chi connectivity index (χ2n) is 5.05. The molecule has 19 heavy (non-hydrogen) atoms. The topological polar surface area (TPSA) is 75.6 Å². The van der Waals surface area contributed by atoms with E-state index in [0.29, 0.717) is 12.2 Å². The van der Waals surface area contributed by atoms with Gasteiger partial charge in [-0.05, 0) is 42.5 Å². The lowest BCUT2D eigenvalue weighted by molar-refractivity contribution is -0.139. The van der Waals surface area contributed by atoms with Gasteiger partial charge >= 0.3 is 5.97 Å². The minimum atomic E-state index is -0.958. The van der Waals surface area contributed by atoms with Crippen molar-refractivity contribution in [3.8, 4) is 5.75 Å². The highest BCUT2D eigenvalue weighted by atomic mass is 16.5. The first-order valence-corrected chi connectivity index (χ1v) is 6.44. The van der Waals surface area contributed by atoms with Gasteiger partial charge in [0.2, 0.25) is 0 Å². The molecule has 0 saturated heterocycles. The van der Waals surface area contributed by atoms with Crippen LogP contribution in [0.2, 0.25) is 0 Å². The molecule has 2 N–H and O–H groups in total. The van der Waals surface area contributed by atoms with Gasteiger partial charge in [-0.3, -0.25) is 4.79 Å². The van der Waals surface area contributed by atoms with Gasteiger partial charge in [0.15, 0.2) is 0 Å². The molecule has 3 rings (SSSR count). The molecule has 0 radical (unpaired) electrons. The zero-order chi connectivity index (χ0) is 13.4. The van der Waals surface area contributed by atoms with E-state index in [2.05, 4.69) is 5.32 Å². The van der Waals surface area contributed by atoms with Gasteiger partial charge in [0.25, 0.3) is 5.91 Å². The number of benzene rings is 1. The number of carboxylic acid groups (broad SMARTS) is 1. The summed E-state index contributed by atoms with van der Waals surface area (Å²) in [5, 5.41) is 11.7. The van der Waals surface area contributed by atoms with Crippen molar-refractivity contribution < 1.29 is 19.4 Å². The van der Waals surface area contributed by atoms with Crippen LogP contribution in [-0.4, -0.2) is 29.6 Å². The predicted molar refractivity (Wildman–Crippen MR) is 67.3 cm³/mol. The molecule has 1 saturated carbocycles. The van der Waals surface area contributed by atoms with Crippen LogP contribution in [0.1, 0.15) is 28.8 Å². The zero-order valence-corrected chi connectivity index (χ0v) is 10.4. The number of ether oxygens (including phenoxy) is 1. The van der Waals surface area contributed by atoms with Gasteiger partial charge in [-0.25, -0.2) is 4.79 Å². The zero-order valence-electron chi connectivity index (χ0n) is 10.4. The summed E-state index contributed by atoms with van der Waals surface area (Å²) in [4.78, 5) is 23.2. The summed E-state index contributed by atoms with van der Waals surface area (Å²) in [5.74, 6) is -0.387. The lowest BCUT2D eigenvalue weighted by Gasteiger charge is -2.13. The number of carboxylic acids is 1. The third-order valence-corrected chi connectivity index (χ3v) is 3.60. The number of aliphatic carboxylic acids is 1. The van der Waals surface area contributed by atoms with E-state index in [9.17, 15) is 9.59 Å². The van der Waals surface area contributed by atoms with Gasteiger partial charge in [-0.15, -0.1) is 0 Å². The average molecular weight is 261 g/mol.